The van der Waals surface area contributed by atoms with E-state index in [9.17, 15) is 14.3 Å². The Kier molecular flexibility index (Phi) is 4.90. The maximum atomic E-state index is 12.7. The van der Waals surface area contributed by atoms with E-state index in [1.54, 1.807) is 0 Å². The van der Waals surface area contributed by atoms with Gasteiger partial charge in [-0.2, -0.15) is 0 Å². The smallest absolute Gasteiger partial charge is 0.255 e. The van der Waals surface area contributed by atoms with E-state index in [0.717, 1.165) is 12.1 Å². The highest BCUT2D eigenvalue weighted by molar-refractivity contribution is 5.96. The Morgan fingerprint density at radius 1 is 1.53 bits per heavy atom. The van der Waals surface area contributed by atoms with Gasteiger partial charge in [-0.15, -0.1) is 0 Å². The normalized spacial score (nSPS) is 10.6. The molecule has 0 fully saturated rings. The molecule has 1 amide bonds. The fourth-order valence-corrected chi connectivity index (χ4v) is 1.25. The summed E-state index contributed by atoms with van der Waals surface area (Å²) in [5.41, 5.74) is 0.0518. The van der Waals surface area contributed by atoms with Gasteiger partial charge in [-0.1, -0.05) is 0 Å². The minimum atomic E-state index is -0.581. The number of hydrogen-bond donors (Lipinski definition) is 2. The maximum Gasteiger partial charge on any atom is 0.255 e. The highest BCUT2D eigenvalue weighted by Crippen LogP contribution is 2.17. The van der Waals surface area contributed by atoms with E-state index in [1.807, 2.05) is 13.8 Å². The fourth-order valence-electron chi connectivity index (χ4n) is 1.25. The lowest BCUT2D eigenvalue weighted by atomic mass is 10.2. The van der Waals surface area contributed by atoms with Crippen molar-refractivity contribution in [3.63, 3.8) is 0 Å². The Balaban J connectivity index is 2.47. The van der Waals surface area contributed by atoms with Gasteiger partial charge in [0, 0.05) is 12.6 Å². The number of nitrogens with one attached hydrogen (secondary N) is 1. The molecule has 0 saturated carbocycles. The Bertz CT molecular complexity index is 393. The number of carbonyl (C=O) groups excluding carboxylic acids is 1. The van der Waals surface area contributed by atoms with Crippen molar-refractivity contribution in [2.24, 2.45) is 0 Å². The van der Waals surface area contributed by atoms with Crippen molar-refractivity contribution in [2.45, 2.75) is 20.0 Å². The van der Waals surface area contributed by atoms with Crippen LogP contribution in [0.15, 0.2) is 18.2 Å². The summed E-state index contributed by atoms with van der Waals surface area (Å²) in [4.78, 5) is 11.6. The number of benzene rings is 1. The van der Waals surface area contributed by atoms with Crippen LogP contribution in [-0.4, -0.2) is 30.3 Å². The van der Waals surface area contributed by atoms with E-state index >= 15 is 0 Å². The number of phenols is 1. The van der Waals surface area contributed by atoms with Crippen molar-refractivity contribution in [3.05, 3.63) is 29.6 Å². The van der Waals surface area contributed by atoms with Crippen LogP contribution in [-0.2, 0) is 4.74 Å². The average Bonchev–Trinajstić information content (AvgIpc) is 2.23. The van der Waals surface area contributed by atoms with Crippen LogP contribution >= 0.6 is 0 Å². The predicted molar refractivity (Wildman–Crippen MR) is 61.5 cm³/mol. The number of aromatic hydroxyl groups is 1. The Morgan fingerprint density at radius 3 is 2.82 bits per heavy atom. The topological polar surface area (TPSA) is 58.6 Å². The first-order valence-corrected chi connectivity index (χ1v) is 5.39. The molecule has 4 nitrogen and oxygen atoms in total. The van der Waals surface area contributed by atoms with E-state index in [1.165, 1.54) is 6.07 Å². The van der Waals surface area contributed by atoms with Gasteiger partial charge in [-0.25, -0.2) is 4.39 Å². The SMILES string of the molecule is CC(C)OCCNC(=O)c1ccc(F)cc1O. The quantitative estimate of drug-likeness (QED) is 0.771. The van der Waals surface area contributed by atoms with Crippen molar-refractivity contribution in [1.82, 2.24) is 5.32 Å². The molecule has 0 aliphatic rings. The Labute approximate surface area is 99.4 Å². The van der Waals surface area contributed by atoms with Gasteiger partial charge in [-0.05, 0) is 26.0 Å². The summed E-state index contributed by atoms with van der Waals surface area (Å²) in [6.45, 7) is 4.53. The first-order valence-electron chi connectivity index (χ1n) is 5.39. The van der Waals surface area contributed by atoms with E-state index < -0.39 is 11.7 Å². The molecule has 0 aromatic heterocycles. The zero-order chi connectivity index (χ0) is 12.8. The van der Waals surface area contributed by atoms with Gasteiger partial charge in [0.05, 0.1) is 18.3 Å². The van der Waals surface area contributed by atoms with Crippen LogP contribution < -0.4 is 5.32 Å². The first kappa shape index (κ1) is 13.4. The highest BCUT2D eigenvalue weighted by Gasteiger charge is 2.10. The fraction of sp³-hybridized carbons (Fsp3) is 0.417. The molecule has 0 spiro atoms. The molecule has 1 rings (SSSR count). The molecule has 94 valence electrons. The molecule has 0 atom stereocenters. The molecule has 17 heavy (non-hydrogen) atoms. The van der Waals surface area contributed by atoms with Gasteiger partial charge < -0.3 is 15.2 Å². The molecule has 1 aromatic rings. The molecular weight excluding hydrogens is 225 g/mol. The summed E-state index contributed by atoms with van der Waals surface area (Å²) < 4.78 is 17.9. The number of rotatable bonds is 5. The van der Waals surface area contributed by atoms with Crippen molar-refractivity contribution in [3.8, 4) is 5.75 Å². The third kappa shape index (κ3) is 4.40. The van der Waals surface area contributed by atoms with Gasteiger partial charge in [-0.3, -0.25) is 4.79 Å². The van der Waals surface area contributed by atoms with Crippen LogP contribution in [0.1, 0.15) is 24.2 Å². The summed E-state index contributed by atoms with van der Waals surface area (Å²) in [5, 5.41) is 11.9. The third-order valence-corrected chi connectivity index (χ3v) is 2.04. The average molecular weight is 241 g/mol. The van der Waals surface area contributed by atoms with Gasteiger partial charge >= 0.3 is 0 Å². The first-order chi connectivity index (χ1) is 8.00. The molecule has 2 N–H and O–H groups in total. The van der Waals surface area contributed by atoms with Crippen molar-refractivity contribution in [2.75, 3.05) is 13.2 Å². The molecule has 0 radical (unpaired) electrons. The lowest BCUT2D eigenvalue weighted by molar-refractivity contribution is 0.0745. The molecule has 0 unspecified atom stereocenters. The van der Waals surface area contributed by atoms with Gasteiger partial charge in [0.1, 0.15) is 11.6 Å². The van der Waals surface area contributed by atoms with Crippen LogP contribution in [0.5, 0.6) is 5.75 Å². The molecule has 0 saturated heterocycles. The molecule has 0 aliphatic heterocycles. The van der Waals surface area contributed by atoms with E-state index in [-0.39, 0.29) is 17.4 Å². The van der Waals surface area contributed by atoms with Crippen LogP contribution in [0.25, 0.3) is 0 Å². The Morgan fingerprint density at radius 2 is 2.24 bits per heavy atom. The van der Waals surface area contributed by atoms with E-state index in [4.69, 9.17) is 4.74 Å². The van der Waals surface area contributed by atoms with Crippen LogP contribution in [0, 0.1) is 5.82 Å². The summed E-state index contributed by atoms with van der Waals surface area (Å²) in [6.07, 6.45) is 0.103. The lowest BCUT2D eigenvalue weighted by Gasteiger charge is -2.09. The van der Waals surface area contributed by atoms with Crippen molar-refractivity contribution >= 4 is 5.91 Å². The summed E-state index contributed by atoms with van der Waals surface area (Å²) in [5.74, 6) is -1.40. The van der Waals surface area contributed by atoms with Gasteiger partial charge in [0.15, 0.2) is 0 Å². The van der Waals surface area contributed by atoms with E-state index in [0.29, 0.717) is 13.2 Å². The lowest BCUT2D eigenvalue weighted by Crippen LogP contribution is -2.28. The van der Waals surface area contributed by atoms with Gasteiger partial charge in [0.25, 0.3) is 5.91 Å². The zero-order valence-electron chi connectivity index (χ0n) is 9.87. The van der Waals surface area contributed by atoms with E-state index in [2.05, 4.69) is 5.32 Å². The number of ether oxygens (including phenoxy) is 1. The number of carbonyl (C=O) groups is 1. The number of halogens is 1. The van der Waals surface area contributed by atoms with Crippen LogP contribution in [0.3, 0.4) is 0 Å². The standard InChI is InChI=1S/C12H16FNO3/c1-8(2)17-6-5-14-12(16)10-4-3-9(13)7-11(10)15/h3-4,7-8,15H,5-6H2,1-2H3,(H,14,16). The molecule has 0 heterocycles. The molecule has 5 heteroatoms. The second kappa shape index (κ2) is 6.20. The largest absolute Gasteiger partial charge is 0.507 e. The number of amides is 1. The van der Waals surface area contributed by atoms with Crippen molar-refractivity contribution < 1.29 is 19.0 Å². The second-order valence-electron chi connectivity index (χ2n) is 3.84. The predicted octanol–water partition coefficient (Wildman–Crippen LogP) is 1.69. The highest BCUT2D eigenvalue weighted by atomic mass is 19.1. The number of hydrogen-bond acceptors (Lipinski definition) is 3. The van der Waals surface area contributed by atoms with Crippen LogP contribution in [0.4, 0.5) is 4.39 Å². The minimum Gasteiger partial charge on any atom is -0.507 e. The summed E-state index contributed by atoms with van der Waals surface area (Å²) >= 11 is 0. The zero-order valence-corrected chi connectivity index (χ0v) is 9.87. The second-order valence-corrected chi connectivity index (χ2v) is 3.84. The Hall–Kier alpha value is -1.62. The third-order valence-electron chi connectivity index (χ3n) is 2.04. The monoisotopic (exact) mass is 241 g/mol. The minimum absolute atomic E-state index is 0.0518. The van der Waals surface area contributed by atoms with Crippen LogP contribution in [0.2, 0.25) is 0 Å². The maximum absolute atomic E-state index is 12.7. The van der Waals surface area contributed by atoms with Crippen molar-refractivity contribution in [1.29, 1.82) is 0 Å². The summed E-state index contributed by atoms with van der Waals surface area (Å²) in [6, 6.07) is 3.27. The van der Waals surface area contributed by atoms with Gasteiger partial charge in [0.2, 0.25) is 0 Å². The number of phenolic OH excluding ortho intramolecular Hbond substituents is 1. The summed E-state index contributed by atoms with van der Waals surface area (Å²) in [7, 11) is 0. The molecule has 0 bridgehead atoms. The molecule has 1 aromatic carbocycles. The molecule has 0 aliphatic carbocycles. The molecular formula is C12H16FNO3.